The minimum atomic E-state index is -0.351. The molecule has 0 spiro atoms. The van der Waals surface area contributed by atoms with Crippen molar-refractivity contribution in [3.63, 3.8) is 0 Å². The van der Waals surface area contributed by atoms with Gasteiger partial charge in [-0.25, -0.2) is 0 Å². The fourth-order valence-electron chi connectivity index (χ4n) is 1.73. The summed E-state index contributed by atoms with van der Waals surface area (Å²) in [5.41, 5.74) is 5.52. The van der Waals surface area contributed by atoms with E-state index in [2.05, 4.69) is 5.32 Å². The third-order valence-corrected chi connectivity index (χ3v) is 2.72. The van der Waals surface area contributed by atoms with Crippen LogP contribution >= 0.6 is 0 Å². The van der Waals surface area contributed by atoms with Crippen LogP contribution in [-0.4, -0.2) is 30.7 Å². The van der Waals surface area contributed by atoms with Crippen molar-refractivity contribution in [2.24, 2.45) is 11.7 Å². The van der Waals surface area contributed by atoms with Crippen molar-refractivity contribution in [3.8, 4) is 0 Å². The van der Waals surface area contributed by atoms with Gasteiger partial charge in [0.15, 0.2) is 0 Å². The van der Waals surface area contributed by atoms with Crippen LogP contribution < -0.4 is 11.1 Å². The Morgan fingerprint density at radius 2 is 2.07 bits per heavy atom. The summed E-state index contributed by atoms with van der Waals surface area (Å²) in [4.78, 5) is 11.5. The Balaban J connectivity index is 2.19. The van der Waals surface area contributed by atoms with E-state index in [1.54, 1.807) is 6.92 Å². The summed E-state index contributed by atoms with van der Waals surface area (Å²) in [5.74, 6) is 0.566. The van der Waals surface area contributed by atoms with E-state index in [1.165, 1.54) is 0 Å². The lowest BCUT2D eigenvalue weighted by atomic mass is 9.82. The Morgan fingerprint density at radius 3 is 2.53 bits per heavy atom. The normalized spacial score (nSPS) is 27.3. The highest BCUT2D eigenvalue weighted by atomic mass is 16.5. The first-order valence-corrected chi connectivity index (χ1v) is 5.68. The zero-order valence-electron chi connectivity index (χ0n) is 9.82. The summed E-state index contributed by atoms with van der Waals surface area (Å²) in [6, 6.07) is 0.168. The number of carbonyl (C=O) groups is 1. The first-order chi connectivity index (χ1) is 7.02. The number of nitrogens with one attached hydrogen (secondary N) is 1. The molecule has 0 aromatic heterocycles. The molecule has 1 saturated carbocycles. The summed E-state index contributed by atoms with van der Waals surface area (Å²) in [6.07, 6.45) is 1.87. The predicted molar refractivity (Wildman–Crippen MR) is 59.4 cm³/mol. The summed E-state index contributed by atoms with van der Waals surface area (Å²) in [5, 5.41) is 2.83. The molecule has 0 radical (unpaired) electrons. The lowest BCUT2D eigenvalue weighted by molar-refractivity contribution is -0.141. The van der Waals surface area contributed by atoms with Gasteiger partial charge in [0.2, 0.25) is 5.91 Å². The van der Waals surface area contributed by atoms with Gasteiger partial charge >= 0.3 is 0 Å². The summed E-state index contributed by atoms with van der Waals surface area (Å²) < 4.78 is 5.61. The van der Waals surface area contributed by atoms with Crippen LogP contribution in [0.2, 0.25) is 0 Å². The minimum Gasteiger partial charge on any atom is -0.365 e. The molecule has 0 aliphatic heterocycles. The molecule has 0 bridgehead atoms. The van der Waals surface area contributed by atoms with Crippen LogP contribution in [-0.2, 0) is 9.53 Å². The standard InChI is InChI=1S/C11H22N2O2/c1-7(2)13-11(14)8(3)15-10-4-9(5-10)6-12/h7-10H,4-6,12H2,1-3H3,(H,13,14). The summed E-state index contributed by atoms with van der Waals surface area (Å²) in [7, 11) is 0. The Hall–Kier alpha value is -0.610. The van der Waals surface area contributed by atoms with Crippen molar-refractivity contribution in [1.29, 1.82) is 0 Å². The Bertz CT molecular complexity index is 213. The van der Waals surface area contributed by atoms with Crippen molar-refractivity contribution in [3.05, 3.63) is 0 Å². The van der Waals surface area contributed by atoms with E-state index in [0.29, 0.717) is 5.92 Å². The number of carbonyl (C=O) groups excluding carboxylic acids is 1. The van der Waals surface area contributed by atoms with Crippen molar-refractivity contribution in [2.75, 3.05) is 6.54 Å². The molecule has 1 atom stereocenters. The van der Waals surface area contributed by atoms with Gasteiger partial charge in [-0.2, -0.15) is 0 Å². The SMILES string of the molecule is CC(C)NC(=O)C(C)OC1CC(CN)C1. The van der Waals surface area contributed by atoms with Gasteiger partial charge in [-0.15, -0.1) is 0 Å². The maximum Gasteiger partial charge on any atom is 0.249 e. The molecule has 15 heavy (non-hydrogen) atoms. The number of nitrogens with two attached hydrogens (primary N) is 1. The average molecular weight is 214 g/mol. The van der Waals surface area contributed by atoms with E-state index in [0.717, 1.165) is 19.4 Å². The van der Waals surface area contributed by atoms with Crippen molar-refractivity contribution in [1.82, 2.24) is 5.32 Å². The van der Waals surface area contributed by atoms with Crippen molar-refractivity contribution in [2.45, 2.75) is 51.9 Å². The zero-order valence-corrected chi connectivity index (χ0v) is 9.82. The van der Waals surface area contributed by atoms with Crippen LogP contribution in [0.3, 0.4) is 0 Å². The highest BCUT2D eigenvalue weighted by Gasteiger charge is 2.31. The van der Waals surface area contributed by atoms with E-state index in [4.69, 9.17) is 10.5 Å². The van der Waals surface area contributed by atoms with Crippen LogP contribution in [0.4, 0.5) is 0 Å². The first kappa shape index (κ1) is 12.5. The van der Waals surface area contributed by atoms with E-state index >= 15 is 0 Å². The Labute approximate surface area is 91.5 Å². The molecule has 1 aliphatic carbocycles. The van der Waals surface area contributed by atoms with Gasteiger partial charge in [0.1, 0.15) is 6.10 Å². The monoisotopic (exact) mass is 214 g/mol. The van der Waals surface area contributed by atoms with Crippen LogP contribution in [0.5, 0.6) is 0 Å². The molecule has 0 saturated heterocycles. The summed E-state index contributed by atoms with van der Waals surface area (Å²) >= 11 is 0. The van der Waals surface area contributed by atoms with E-state index in [1.807, 2.05) is 13.8 Å². The maximum absolute atomic E-state index is 11.5. The molecule has 4 heteroatoms. The van der Waals surface area contributed by atoms with Gasteiger partial charge in [0.05, 0.1) is 6.10 Å². The molecule has 1 fully saturated rings. The molecular formula is C11H22N2O2. The van der Waals surface area contributed by atoms with Gasteiger partial charge in [-0.05, 0) is 46.1 Å². The number of hydrogen-bond donors (Lipinski definition) is 2. The molecule has 0 heterocycles. The highest BCUT2D eigenvalue weighted by molar-refractivity contribution is 5.80. The van der Waals surface area contributed by atoms with Gasteiger partial charge < -0.3 is 15.8 Å². The molecule has 0 aromatic rings. The second-order valence-electron chi connectivity index (χ2n) is 4.64. The van der Waals surface area contributed by atoms with Crippen molar-refractivity contribution < 1.29 is 9.53 Å². The third-order valence-electron chi connectivity index (χ3n) is 2.72. The molecule has 4 nitrogen and oxygen atoms in total. The van der Waals surface area contributed by atoms with E-state index in [-0.39, 0.29) is 24.2 Å². The number of ether oxygens (including phenoxy) is 1. The average Bonchev–Trinajstić information content (AvgIpc) is 2.08. The van der Waals surface area contributed by atoms with Crippen LogP contribution in [0.25, 0.3) is 0 Å². The highest BCUT2D eigenvalue weighted by Crippen LogP contribution is 2.29. The number of rotatable bonds is 5. The third kappa shape index (κ3) is 3.80. The quantitative estimate of drug-likeness (QED) is 0.706. The minimum absolute atomic E-state index is 0.0267. The fourth-order valence-corrected chi connectivity index (χ4v) is 1.73. The topological polar surface area (TPSA) is 64.3 Å². The molecule has 88 valence electrons. The molecule has 1 rings (SSSR count). The largest absolute Gasteiger partial charge is 0.365 e. The van der Waals surface area contributed by atoms with Gasteiger partial charge in [-0.1, -0.05) is 0 Å². The summed E-state index contributed by atoms with van der Waals surface area (Å²) in [6.45, 7) is 6.41. The van der Waals surface area contributed by atoms with Crippen LogP contribution in [0, 0.1) is 5.92 Å². The molecule has 0 aromatic carbocycles. The molecule has 3 N–H and O–H groups in total. The van der Waals surface area contributed by atoms with Crippen LogP contribution in [0.1, 0.15) is 33.6 Å². The number of amides is 1. The predicted octanol–water partition coefficient (Wildman–Crippen LogP) is 0.653. The molecule has 1 amide bonds. The smallest absolute Gasteiger partial charge is 0.249 e. The van der Waals surface area contributed by atoms with Gasteiger partial charge in [0, 0.05) is 6.04 Å². The molecule has 1 aliphatic rings. The fraction of sp³-hybridized carbons (Fsp3) is 0.909. The Kier molecular flexibility index (Phi) is 4.54. The van der Waals surface area contributed by atoms with E-state index in [9.17, 15) is 4.79 Å². The van der Waals surface area contributed by atoms with Gasteiger partial charge in [-0.3, -0.25) is 4.79 Å². The molecule has 1 unspecified atom stereocenters. The van der Waals surface area contributed by atoms with Crippen LogP contribution in [0.15, 0.2) is 0 Å². The molecular weight excluding hydrogens is 192 g/mol. The maximum atomic E-state index is 11.5. The number of hydrogen-bond acceptors (Lipinski definition) is 3. The van der Waals surface area contributed by atoms with Gasteiger partial charge in [0.25, 0.3) is 0 Å². The van der Waals surface area contributed by atoms with E-state index < -0.39 is 0 Å². The second kappa shape index (κ2) is 5.47. The zero-order chi connectivity index (χ0) is 11.4. The first-order valence-electron chi connectivity index (χ1n) is 5.68. The Morgan fingerprint density at radius 1 is 1.47 bits per heavy atom. The second-order valence-corrected chi connectivity index (χ2v) is 4.64. The lowest BCUT2D eigenvalue weighted by Gasteiger charge is -2.35. The van der Waals surface area contributed by atoms with Crippen molar-refractivity contribution >= 4 is 5.91 Å². The lowest BCUT2D eigenvalue weighted by Crippen LogP contribution is -2.44.